The zero-order valence-corrected chi connectivity index (χ0v) is 11.4. The van der Waals surface area contributed by atoms with Crippen LogP contribution in [0, 0.1) is 22.9 Å². The van der Waals surface area contributed by atoms with Gasteiger partial charge in [0.1, 0.15) is 18.2 Å². The molecule has 0 aliphatic rings. The molecule has 0 radical (unpaired) electrons. The van der Waals surface area contributed by atoms with Gasteiger partial charge in [-0.05, 0) is 24.6 Å². The van der Waals surface area contributed by atoms with Gasteiger partial charge in [-0.2, -0.15) is 0 Å². The number of nitro benzene ring substituents is 1. The number of aryl methyl sites for hydroxylation is 1. The van der Waals surface area contributed by atoms with Crippen LogP contribution < -0.4 is 4.74 Å². The molecule has 20 heavy (non-hydrogen) atoms. The van der Waals surface area contributed by atoms with E-state index in [0.29, 0.717) is 16.3 Å². The minimum atomic E-state index is -0.507. The lowest BCUT2D eigenvalue weighted by molar-refractivity contribution is -0.384. The summed E-state index contributed by atoms with van der Waals surface area (Å²) in [5.41, 5.74) is 1.18. The number of nitrogens with zero attached hydrogens (tertiary/aromatic N) is 1. The van der Waals surface area contributed by atoms with Crippen LogP contribution in [0.25, 0.3) is 0 Å². The zero-order chi connectivity index (χ0) is 14.7. The summed E-state index contributed by atoms with van der Waals surface area (Å²) in [6.07, 6.45) is 0. The summed E-state index contributed by atoms with van der Waals surface area (Å²) in [7, 11) is 0. The number of rotatable bonds is 4. The molecule has 104 valence electrons. The first-order valence-electron chi connectivity index (χ1n) is 5.79. The molecule has 2 aromatic rings. The van der Waals surface area contributed by atoms with Crippen LogP contribution in [0.4, 0.5) is 10.1 Å². The Balaban J connectivity index is 2.20. The maximum atomic E-state index is 13.1. The molecule has 0 unspecified atom stereocenters. The molecule has 0 N–H and O–H groups in total. The maximum Gasteiger partial charge on any atom is 0.269 e. The minimum absolute atomic E-state index is 0.0325. The number of hydrogen-bond acceptors (Lipinski definition) is 3. The van der Waals surface area contributed by atoms with E-state index in [4.69, 9.17) is 16.3 Å². The molecule has 0 amide bonds. The van der Waals surface area contributed by atoms with Crippen LogP contribution in [0.5, 0.6) is 5.75 Å². The topological polar surface area (TPSA) is 52.4 Å². The summed E-state index contributed by atoms with van der Waals surface area (Å²) >= 11 is 5.96. The van der Waals surface area contributed by atoms with Crippen LogP contribution in [0.3, 0.4) is 0 Å². The average molecular weight is 296 g/mol. The van der Waals surface area contributed by atoms with E-state index in [9.17, 15) is 14.5 Å². The summed E-state index contributed by atoms with van der Waals surface area (Å²) in [4.78, 5) is 10.2. The van der Waals surface area contributed by atoms with E-state index in [2.05, 4.69) is 0 Å². The molecule has 0 aromatic heterocycles. The van der Waals surface area contributed by atoms with Gasteiger partial charge in [-0.15, -0.1) is 0 Å². The molecule has 0 spiro atoms. The fraction of sp³-hybridized carbons (Fsp3) is 0.143. The molecular formula is C14H11ClFNO3. The van der Waals surface area contributed by atoms with Gasteiger partial charge in [-0.1, -0.05) is 17.7 Å². The van der Waals surface area contributed by atoms with Crippen LogP contribution in [0.15, 0.2) is 36.4 Å². The van der Waals surface area contributed by atoms with Crippen LogP contribution in [-0.4, -0.2) is 4.92 Å². The van der Waals surface area contributed by atoms with Gasteiger partial charge in [-0.25, -0.2) is 4.39 Å². The third kappa shape index (κ3) is 3.24. The zero-order valence-electron chi connectivity index (χ0n) is 10.6. The van der Waals surface area contributed by atoms with Gasteiger partial charge >= 0.3 is 0 Å². The number of ether oxygens (including phenoxy) is 1. The van der Waals surface area contributed by atoms with E-state index in [-0.39, 0.29) is 12.3 Å². The number of halogens is 2. The van der Waals surface area contributed by atoms with Crippen molar-refractivity contribution in [2.45, 2.75) is 13.5 Å². The minimum Gasteiger partial charge on any atom is -0.488 e. The second kappa shape index (κ2) is 5.88. The van der Waals surface area contributed by atoms with E-state index >= 15 is 0 Å². The predicted molar refractivity (Wildman–Crippen MR) is 73.6 cm³/mol. The van der Waals surface area contributed by atoms with Crippen LogP contribution in [0.2, 0.25) is 5.02 Å². The van der Waals surface area contributed by atoms with Crippen molar-refractivity contribution in [3.05, 3.63) is 68.5 Å². The Hall–Kier alpha value is -2.14. The summed E-state index contributed by atoms with van der Waals surface area (Å²) in [5.74, 6) is -0.0247. The van der Waals surface area contributed by atoms with Gasteiger partial charge in [-0.3, -0.25) is 10.1 Å². The first-order chi connectivity index (χ1) is 9.47. The van der Waals surface area contributed by atoms with Crippen molar-refractivity contribution < 1.29 is 14.1 Å². The normalized spacial score (nSPS) is 10.3. The Kier molecular flexibility index (Phi) is 4.20. The molecule has 0 heterocycles. The van der Waals surface area contributed by atoms with Gasteiger partial charge in [0.25, 0.3) is 5.69 Å². The molecule has 0 saturated carbocycles. The highest BCUT2D eigenvalue weighted by Gasteiger charge is 2.11. The van der Waals surface area contributed by atoms with Gasteiger partial charge in [0.15, 0.2) is 0 Å². The molecule has 0 saturated heterocycles. The Bertz CT molecular complexity index is 661. The van der Waals surface area contributed by atoms with E-state index in [1.165, 1.54) is 30.3 Å². The second-order valence-corrected chi connectivity index (χ2v) is 4.64. The van der Waals surface area contributed by atoms with Gasteiger partial charge < -0.3 is 4.74 Å². The van der Waals surface area contributed by atoms with Crippen molar-refractivity contribution in [2.24, 2.45) is 0 Å². The number of hydrogen-bond donors (Lipinski definition) is 0. The second-order valence-electron chi connectivity index (χ2n) is 4.23. The van der Waals surface area contributed by atoms with Gasteiger partial charge in [0.05, 0.1) is 4.92 Å². The van der Waals surface area contributed by atoms with Crippen LogP contribution >= 0.6 is 11.6 Å². The Morgan fingerprint density at radius 3 is 2.75 bits per heavy atom. The smallest absolute Gasteiger partial charge is 0.269 e. The average Bonchev–Trinajstić information content (AvgIpc) is 2.41. The Morgan fingerprint density at radius 2 is 2.05 bits per heavy atom. The van der Waals surface area contributed by atoms with Crippen molar-refractivity contribution >= 4 is 17.3 Å². The molecule has 0 fully saturated rings. The molecule has 0 aliphatic carbocycles. The highest BCUT2D eigenvalue weighted by Crippen LogP contribution is 2.25. The summed E-state index contributed by atoms with van der Waals surface area (Å²) < 4.78 is 18.6. The third-order valence-electron chi connectivity index (χ3n) is 2.77. The monoisotopic (exact) mass is 295 g/mol. The Morgan fingerprint density at radius 1 is 1.30 bits per heavy atom. The van der Waals surface area contributed by atoms with E-state index < -0.39 is 10.7 Å². The molecular weight excluding hydrogens is 285 g/mol. The van der Waals surface area contributed by atoms with E-state index in [1.54, 1.807) is 13.0 Å². The number of nitro groups is 1. The largest absolute Gasteiger partial charge is 0.488 e. The van der Waals surface area contributed by atoms with Gasteiger partial charge in [0.2, 0.25) is 0 Å². The summed E-state index contributed by atoms with van der Waals surface area (Å²) in [6, 6.07) is 8.30. The lowest BCUT2D eigenvalue weighted by Crippen LogP contribution is -1.99. The lowest BCUT2D eigenvalue weighted by atomic mass is 10.2. The molecule has 0 bridgehead atoms. The van der Waals surface area contributed by atoms with Crippen LogP contribution in [-0.2, 0) is 6.61 Å². The van der Waals surface area contributed by atoms with E-state index in [1.807, 2.05) is 0 Å². The van der Waals surface area contributed by atoms with Crippen molar-refractivity contribution in [3.63, 3.8) is 0 Å². The lowest BCUT2D eigenvalue weighted by Gasteiger charge is -2.10. The molecule has 4 nitrogen and oxygen atoms in total. The van der Waals surface area contributed by atoms with Crippen molar-refractivity contribution in [1.29, 1.82) is 0 Å². The molecule has 2 aromatic carbocycles. The summed E-state index contributed by atoms with van der Waals surface area (Å²) in [5, 5.41) is 11.1. The van der Waals surface area contributed by atoms with Crippen LogP contribution in [0.1, 0.15) is 11.1 Å². The predicted octanol–water partition coefficient (Wildman–Crippen LogP) is 4.27. The van der Waals surface area contributed by atoms with Crippen molar-refractivity contribution in [1.82, 2.24) is 0 Å². The first-order valence-corrected chi connectivity index (χ1v) is 6.17. The van der Waals surface area contributed by atoms with Crippen molar-refractivity contribution in [2.75, 3.05) is 0 Å². The molecule has 6 heteroatoms. The summed E-state index contributed by atoms with van der Waals surface area (Å²) in [6.45, 7) is 1.81. The highest BCUT2D eigenvalue weighted by atomic mass is 35.5. The third-order valence-corrected chi connectivity index (χ3v) is 3.14. The quantitative estimate of drug-likeness (QED) is 0.625. The molecule has 0 aliphatic heterocycles. The number of non-ortho nitro benzene ring substituents is 1. The fourth-order valence-electron chi connectivity index (χ4n) is 1.67. The van der Waals surface area contributed by atoms with Gasteiger partial charge in [0, 0.05) is 28.8 Å². The first kappa shape index (κ1) is 14.3. The maximum absolute atomic E-state index is 13.1. The number of benzene rings is 2. The van der Waals surface area contributed by atoms with Crippen molar-refractivity contribution in [3.8, 4) is 5.75 Å². The highest BCUT2D eigenvalue weighted by molar-refractivity contribution is 6.31. The SMILES string of the molecule is Cc1ccc(F)cc1OCc1cc([N+](=O)[O-])ccc1Cl. The molecule has 0 atom stereocenters. The standard InChI is InChI=1S/C14H11ClFNO3/c1-9-2-3-11(16)7-14(9)20-8-10-6-12(17(18)19)4-5-13(10)15/h2-7H,8H2,1H3. The fourth-order valence-corrected chi connectivity index (χ4v) is 1.84. The molecule has 2 rings (SSSR count). The van der Waals surface area contributed by atoms with E-state index in [0.717, 1.165) is 5.56 Å². The Labute approximate surface area is 119 Å².